The first-order chi connectivity index (χ1) is 8.65. The van der Waals surface area contributed by atoms with Crippen LogP contribution in [0.15, 0.2) is 0 Å². The number of carbonyl (C=O) groups is 3. The van der Waals surface area contributed by atoms with Crippen LogP contribution in [-0.2, 0) is 14.3 Å². The highest BCUT2D eigenvalue weighted by Crippen LogP contribution is 2.21. The Hall–Kier alpha value is -1.43. The average Bonchev–Trinajstić information content (AvgIpc) is 2.39. The molecule has 0 bridgehead atoms. The number of nitrogens with zero attached hydrogens (tertiary/aromatic N) is 1. The molecule has 0 aromatic rings. The summed E-state index contributed by atoms with van der Waals surface area (Å²) in [5.41, 5.74) is -0.669. The van der Waals surface area contributed by atoms with E-state index in [0.29, 0.717) is 19.4 Å². The van der Waals surface area contributed by atoms with E-state index in [1.165, 1.54) is 0 Å². The molecule has 1 heterocycles. The molecule has 0 aliphatic carbocycles. The van der Waals surface area contributed by atoms with Gasteiger partial charge in [-0.3, -0.25) is 4.79 Å². The Morgan fingerprint density at radius 1 is 1.26 bits per heavy atom. The number of amides is 1. The smallest absolute Gasteiger partial charge is 0.477 e. The van der Waals surface area contributed by atoms with Gasteiger partial charge < -0.3 is 9.84 Å². The predicted octanol–water partition coefficient (Wildman–Crippen LogP) is 1.58. The van der Waals surface area contributed by atoms with Gasteiger partial charge in [0.05, 0.1) is 19.5 Å². The number of carboxylic acid groups (broad SMARTS) is 1. The molecule has 19 heavy (non-hydrogen) atoms. The van der Waals surface area contributed by atoms with Gasteiger partial charge in [0.1, 0.15) is 11.4 Å². The van der Waals surface area contributed by atoms with Gasteiger partial charge in [0.25, 0.3) is 0 Å². The fourth-order valence-electron chi connectivity index (χ4n) is 2.18. The number of rotatable bonds is 2. The van der Waals surface area contributed by atoms with Crippen molar-refractivity contribution in [3.05, 3.63) is 0 Å². The number of quaternary nitrogens is 1. The quantitative estimate of drug-likeness (QED) is 0.772. The van der Waals surface area contributed by atoms with Crippen LogP contribution in [0.2, 0.25) is 0 Å². The maximum atomic E-state index is 12.3. The van der Waals surface area contributed by atoms with Crippen molar-refractivity contribution in [2.24, 2.45) is 0 Å². The van der Waals surface area contributed by atoms with Gasteiger partial charge in [-0.05, 0) is 20.8 Å². The summed E-state index contributed by atoms with van der Waals surface area (Å²) in [6.07, 6.45) is 0.602. The fraction of sp³-hybridized carbons (Fsp3) is 0.769. The Bertz CT molecular complexity index is 385. The van der Waals surface area contributed by atoms with Crippen molar-refractivity contribution in [3.63, 3.8) is 0 Å². The third-order valence-corrected chi connectivity index (χ3v) is 3.08. The summed E-state index contributed by atoms with van der Waals surface area (Å²) in [7, 11) is 0. The fourth-order valence-corrected chi connectivity index (χ4v) is 2.18. The van der Waals surface area contributed by atoms with Gasteiger partial charge in [-0.1, -0.05) is 0 Å². The van der Waals surface area contributed by atoms with E-state index in [9.17, 15) is 14.4 Å². The molecule has 0 aromatic carbocycles. The Balaban J connectivity index is 2.94. The maximum Gasteiger partial charge on any atom is 0.517 e. The minimum Gasteiger partial charge on any atom is -0.477 e. The molecule has 0 spiro atoms. The summed E-state index contributed by atoms with van der Waals surface area (Å²) >= 11 is 0. The molecule has 1 N–H and O–H groups in total. The molecule has 1 aliphatic rings. The molecule has 0 aromatic heterocycles. The summed E-state index contributed by atoms with van der Waals surface area (Å²) in [6.45, 7) is 5.44. The third kappa shape index (κ3) is 4.63. The van der Waals surface area contributed by atoms with Crippen molar-refractivity contribution in [3.8, 4) is 0 Å². The first kappa shape index (κ1) is 15.6. The Labute approximate surface area is 112 Å². The summed E-state index contributed by atoms with van der Waals surface area (Å²) in [4.78, 5) is 34.8. The van der Waals surface area contributed by atoms with Gasteiger partial charge in [0.15, 0.2) is 6.54 Å². The van der Waals surface area contributed by atoms with Crippen LogP contribution in [0.3, 0.4) is 0 Å². The number of ether oxygens (including phenoxy) is 1. The minimum atomic E-state index is -1.06. The normalized spacial score (nSPS) is 24.7. The summed E-state index contributed by atoms with van der Waals surface area (Å²) in [6, 6.07) is 0. The van der Waals surface area contributed by atoms with Crippen LogP contribution in [0.25, 0.3) is 0 Å². The van der Waals surface area contributed by atoms with Gasteiger partial charge in [-0.2, -0.15) is 4.79 Å². The first-order valence-electron chi connectivity index (χ1n) is 6.48. The number of aliphatic carboxylic acids is 1. The summed E-state index contributed by atoms with van der Waals surface area (Å²) < 4.78 is 5.04. The zero-order valence-corrected chi connectivity index (χ0v) is 11.8. The van der Waals surface area contributed by atoms with E-state index < -0.39 is 17.7 Å². The highest BCUT2D eigenvalue weighted by atomic mass is 16.6. The largest absolute Gasteiger partial charge is 0.517 e. The van der Waals surface area contributed by atoms with E-state index >= 15 is 0 Å². The molecule has 1 aliphatic heterocycles. The van der Waals surface area contributed by atoms with E-state index in [-0.39, 0.29) is 29.8 Å². The van der Waals surface area contributed by atoms with Crippen LogP contribution in [0.1, 0.15) is 40.0 Å². The van der Waals surface area contributed by atoms with Gasteiger partial charge >= 0.3 is 12.1 Å². The van der Waals surface area contributed by atoms with Crippen molar-refractivity contribution in [2.75, 3.05) is 19.6 Å². The molecule has 1 rings (SSSR count). The van der Waals surface area contributed by atoms with Crippen LogP contribution < -0.4 is 0 Å². The van der Waals surface area contributed by atoms with E-state index in [1.807, 2.05) is 0 Å². The van der Waals surface area contributed by atoms with Gasteiger partial charge in [-0.25, -0.2) is 9.28 Å². The molecular weight excluding hydrogens is 250 g/mol. The van der Waals surface area contributed by atoms with E-state index in [1.54, 1.807) is 20.8 Å². The highest BCUT2D eigenvalue weighted by molar-refractivity contribution is 5.79. The number of carboxylic acids is 1. The molecule has 1 saturated heterocycles. The lowest BCUT2D eigenvalue weighted by molar-refractivity contribution is -0.850. The lowest BCUT2D eigenvalue weighted by atomic mass is 10.2. The van der Waals surface area contributed by atoms with Gasteiger partial charge in [0.2, 0.25) is 0 Å². The van der Waals surface area contributed by atoms with Crippen molar-refractivity contribution < 1.29 is 28.7 Å². The van der Waals surface area contributed by atoms with Crippen LogP contribution >= 0.6 is 0 Å². The van der Waals surface area contributed by atoms with Crippen molar-refractivity contribution in [1.29, 1.82) is 0 Å². The Morgan fingerprint density at radius 3 is 2.42 bits per heavy atom. The average molecular weight is 272 g/mol. The second-order valence-corrected chi connectivity index (χ2v) is 6.02. The summed E-state index contributed by atoms with van der Waals surface area (Å²) in [5.74, 6) is -0.978. The monoisotopic (exact) mass is 272 g/mol. The summed E-state index contributed by atoms with van der Waals surface area (Å²) in [5, 5.41) is 9.03. The number of likely N-dealkylation sites (tertiary alicyclic amines) is 1. The lowest BCUT2D eigenvalue weighted by Crippen LogP contribution is -2.57. The van der Waals surface area contributed by atoms with Crippen molar-refractivity contribution in [2.45, 2.75) is 45.6 Å². The molecule has 1 amide bonds. The van der Waals surface area contributed by atoms with Crippen LogP contribution in [0.5, 0.6) is 0 Å². The highest BCUT2D eigenvalue weighted by Gasteiger charge is 2.44. The topological polar surface area (TPSA) is 80.7 Å². The number of hydrogen-bond acceptors (Lipinski definition) is 4. The third-order valence-electron chi connectivity index (χ3n) is 3.08. The first-order valence-corrected chi connectivity index (χ1v) is 6.48. The molecule has 1 atom stereocenters. The standard InChI is InChI=1S/C13H21NO5/c1-13(2,3)19-12(18)14(9-11(16)17)7-4-5-10(15)6-8-14/h4-9H2,1-3H3/p+1. The molecule has 6 nitrogen and oxygen atoms in total. The number of hydrogen-bond donors (Lipinski definition) is 1. The minimum absolute atomic E-state index is 0.0777. The van der Waals surface area contributed by atoms with Gasteiger partial charge in [0, 0.05) is 12.8 Å². The van der Waals surface area contributed by atoms with Crippen molar-refractivity contribution in [1.82, 2.24) is 0 Å². The van der Waals surface area contributed by atoms with Crippen LogP contribution in [0.4, 0.5) is 4.79 Å². The molecule has 1 fully saturated rings. The van der Waals surface area contributed by atoms with E-state index in [0.717, 1.165) is 0 Å². The number of carbonyl (C=O) groups excluding carboxylic acids is 2. The zero-order valence-electron chi connectivity index (χ0n) is 11.8. The number of Topliss-reactive ketones (excluding diaryl/α,β-unsaturated/α-hetero) is 1. The zero-order chi connectivity index (χ0) is 14.7. The Kier molecular flexibility index (Phi) is 4.68. The molecule has 6 heteroatoms. The second kappa shape index (κ2) is 5.69. The lowest BCUT2D eigenvalue weighted by Gasteiger charge is -2.34. The van der Waals surface area contributed by atoms with Crippen LogP contribution in [0, 0.1) is 0 Å². The van der Waals surface area contributed by atoms with Gasteiger partial charge in [-0.15, -0.1) is 0 Å². The van der Waals surface area contributed by atoms with Crippen molar-refractivity contribution >= 4 is 17.8 Å². The molecule has 0 saturated carbocycles. The van der Waals surface area contributed by atoms with E-state index in [2.05, 4.69) is 0 Å². The predicted molar refractivity (Wildman–Crippen MR) is 67.6 cm³/mol. The molecular formula is C13H22NO5+. The molecule has 0 radical (unpaired) electrons. The number of ketones is 1. The second-order valence-electron chi connectivity index (χ2n) is 6.02. The SMILES string of the molecule is CC(C)(C)OC(=O)[N+]1(CC(=O)O)CCCC(=O)CC1. The Morgan fingerprint density at radius 2 is 1.89 bits per heavy atom. The van der Waals surface area contributed by atoms with Crippen LogP contribution in [-0.4, -0.2) is 52.7 Å². The molecule has 1 unspecified atom stereocenters. The van der Waals surface area contributed by atoms with E-state index in [4.69, 9.17) is 9.84 Å². The maximum absolute atomic E-state index is 12.3. The molecule has 108 valence electrons.